The second kappa shape index (κ2) is 4.66. The van der Waals surface area contributed by atoms with E-state index >= 15 is 0 Å². The molecule has 1 saturated heterocycles. The van der Waals surface area contributed by atoms with Crippen molar-refractivity contribution in [2.45, 2.75) is 19.4 Å². The number of hydrogen-bond donors (Lipinski definition) is 1. The van der Waals surface area contributed by atoms with Crippen LogP contribution >= 0.6 is 11.8 Å². The summed E-state index contributed by atoms with van der Waals surface area (Å²) in [7, 11) is 0. The molecular weight excluding hydrogens is 208 g/mol. The van der Waals surface area contributed by atoms with E-state index in [1.165, 1.54) is 0 Å². The number of pyridine rings is 1. The summed E-state index contributed by atoms with van der Waals surface area (Å²) >= 11 is 1.89. The van der Waals surface area contributed by atoms with Crippen LogP contribution in [0.15, 0.2) is 18.3 Å². The fourth-order valence-corrected chi connectivity index (χ4v) is 2.67. The molecule has 1 unspecified atom stereocenters. The molecule has 2 heterocycles. The maximum Gasteiger partial charge on any atom is 0.253 e. The highest BCUT2D eigenvalue weighted by Gasteiger charge is 2.18. The standard InChI is InChI=1S/C11H14N2OS/c1-8-2-3-9(6-12-8)11(14)13-10-4-5-15-7-10/h2-3,6,10H,4-5,7H2,1H3,(H,13,14). The van der Waals surface area contributed by atoms with E-state index in [2.05, 4.69) is 10.3 Å². The Bertz CT molecular complexity index is 344. The maximum absolute atomic E-state index is 11.8. The number of nitrogens with zero attached hydrogens (tertiary/aromatic N) is 1. The molecule has 1 aliphatic heterocycles. The van der Waals surface area contributed by atoms with E-state index < -0.39 is 0 Å². The summed E-state index contributed by atoms with van der Waals surface area (Å²) in [5.41, 5.74) is 1.58. The van der Waals surface area contributed by atoms with Crippen LogP contribution in [0.2, 0.25) is 0 Å². The monoisotopic (exact) mass is 222 g/mol. The van der Waals surface area contributed by atoms with Crippen molar-refractivity contribution in [1.82, 2.24) is 10.3 Å². The summed E-state index contributed by atoms with van der Waals surface area (Å²) in [4.78, 5) is 15.9. The topological polar surface area (TPSA) is 42.0 Å². The van der Waals surface area contributed by atoms with Gasteiger partial charge in [0.15, 0.2) is 0 Å². The third kappa shape index (κ3) is 2.72. The van der Waals surface area contributed by atoms with Crippen molar-refractivity contribution in [3.05, 3.63) is 29.6 Å². The van der Waals surface area contributed by atoms with Crippen LogP contribution in [0.3, 0.4) is 0 Å². The Labute approximate surface area is 93.7 Å². The molecule has 0 saturated carbocycles. The first-order valence-electron chi connectivity index (χ1n) is 5.07. The quantitative estimate of drug-likeness (QED) is 0.827. The van der Waals surface area contributed by atoms with Crippen LogP contribution in [-0.2, 0) is 0 Å². The van der Waals surface area contributed by atoms with Crippen molar-refractivity contribution in [1.29, 1.82) is 0 Å². The van der Waals surface area contributed by atoms with Crippen molar-refractivity contribution in [3.8, 4) is 0 Å². The van der Waals surface area contributed by atoms with Gasteiger partial charge >= 0.3 is 0 Å². The van der Waals surface area contributed by atoms with Crippen LogP contribution < -0.4 is 5.32 Å². The van der Waals surface area contributed by atoms with Crippen molar-refractivity contribution in [3.63, 3.8) is 0 Å². The van der Waals surface area contributed by atoms with Crippen LogP contribution in [0.25, 0.3) is 0 Å². The van der Waals surface area contributed by atoms with Gasteiger partial charge in [0.1, 0.15) is 0 Å². The van der Waals surface area contributed by atoms with Crippen LogP contribution in [0.5, 0.6) is 0 Å². The van der Waals surface area contributed by atoms with Crippen molar-refractivity contribution in [2.24, 2.45) is 0 Å². The number of amides is 1. The molecule has 2 rings (SSSR count). The normalized spacial score (nSPS) is 20.2. The Kier molecular flexibility index (Phi) is 3.26. The fraction of sp³-hybridized carbons (Fsp3) is 0.455. The molecule has 1 fully saturated rings. The molecule has 3 nitrogen and oxygen atoms in total. The van der Waals surface area contributed by atoms with Gasteiger partial charge in [-0.25, -0.2) is 0 Å². The molecule has 0 aliphatic carbocycles. The predicted molar refractivity (Wildman–Crippen MR) is 62.2 cm³/mol. The Hall–Kier alpha value is -1.03. The molecule has 1 N–H and O–H groups in total. The smallest absolute Gasteiger partial charge is 0.253 e. The molecule has 80 valence electrons. The number of thioether (sulfide) groups is 1. The maximum atomic E-state index is 11.8. The van der Waals surface area contributed by atoms with E-state index in [0.717, 1.165) is 23.6 Å². The van der Waals surface area contributed by atoms with Crippen LogP contribution in [0, 0.1) is 6.92 Å². The van der Waals surface area contributed by atoms with Crippen LogP contribution in [0.1, 0.15) is 22.5 Å². The zero-order valence-corrected chi connectivity index (χ0v) is 9.51. The number of hydrogen-bond acceptors (Lipinski definition) is 3. The lowest BCUT2D eigenvalue weighted by Gasteiger charge is -2.10. The molecule has 1 aromatic rings. The molecule has 0 radical (unpaired) electrons. The van der Waals surface area contributed by atoms with Gasteiger partial charge in [-0.15, -0.1) is 0 Å². The van der Waals surface area contributed by atoms with E-state index in [1.54, 1.807) is 6.20 Å². The van der Waals surface area contributed by atoms with Gasteiger partial charge in [0.2, 0.25) is 0 Å². The van der Waals surface area contributed by atoms with Crippen molar-refractivity contribution >= 4 is 17.7 Å². The van der Waals surface area contributed by atoms with Gasteiger partial charge in [0.05, 0.1) is 5.56 Å². The molecule has 1 aliphatic rings. The first-order valence-corrected chi connectivity index (χ1v) is 6.22. The first-order chi connectivity index (χ1) is 7.25. The SMILES string of the molecule is Cc1ccc(C(=O)NC2CCSC2)cn1. The van der Waals surface area contributed by atoms with Gasteiger partial charge in [0.25, 0.3) is 5.91 Å². The molecule has 1 aromatic heterocycles. The zero-order valence-electron chi connectivity index (χ0n) is 8.69. The molecule has 4 heteroatoms. The number of aromatic nitrogens is 1. The number of aryl methyl sites for hydroxylation is 1. The van der Waals surface area contributed by atoms with Crippen LogP contribution in [-0.4, -0.2) is 28.4 Å². The lowest BCUT2D eigenvalue weighted by molar-refractivity contribution is 0.0941. The van der Waals surface area contributed by atoms with Gasteiger partial charge in [-0.1, -0.05) is 0 Å². The number of carbonyl (C=O) groups is 1. The summed E-state index contributed by atoms with van der Waals surface area (Å²) in [5.74, 6) is 2.18. The Morgan fingerprint density at radius 2 is 2.47 bits per heavy atom. The summed E-state index contributed by atoms with van der Waals surface area (Å²) in [6.07, 6.45) is 2.71. The predicted octanol–water partition coefficient (Wildman–Crippen LogP) is 1.63. The highest BCUT2D eigenvalue weighted by atomic mass is 32.2. The van der Waals surface area contributed by atoms with Gasteiger partial charge in [0, 0.05) is 23.7 Å². The zero-order chi connectivity index (χ0) is 10.7. The summed E-state index contributed by atoms with van der Waals surface area (Å²) < 4.78 is 0. The van der Waals surface area contributed by atoms with Gasteiger partial charge in [-0.3, -0.25) is 9.78 Å². The average Bonchev–Trinajstić information content (AvgIpc) is 2.71. The minimum absolute atomic E-state index is 0.00463. The van der Waals surface area contributed by atoms with Gasteiger partial charge in [-0.05, 0) is 31.2 Å². The third-order valence-corrected chi connectivity index (χ3v) is 3.60. The van der Waals surface area contributed by atoms with E-state index in [0.29, 0.717) is 11.6 Å². The third-order valence-electron chi connectivity index (χ3n) is 2.44. The Morgan fingerprint density at radius 3 is 3.07 bits per heavy atom. The Balaban J connectivity index is 1.98. The highest BCUT2D eigenvalue weighted by molar-refractivity contribution is 7.99. The largest absolute Gasteiger partial charge is 0.348 e. The minimum Gasteiger partial charge on any atom is -0.348 e. The lowest BCUT2D eigenvalue weighted by Crippen LogP contribution is -2.34. The molecule has 0 bridgehead atoms. The minimum atomic E-state index is -0.00463. The molecule has 15 heavy (non-hydrogen) atoms. The highest BCUT2D eigenvalue weighted by Crippen LogP contribution is 2.17. The molecule has 1 atom stereocenters. The van der Waals surface area contributed by atoms with E-state index in [1.807, 2.05) is 30.8 Å². The van der Waals surface area contributed by atoms with Crippen molar-refractivity contribution in [2.75, 3.05) is 11.5 Å². The number of nitrogens with one attached hydrogen (secondary N) is 1. The second-order valence-corrected chi connectivity index (χ2v) is 4.87. The van der Waals surface area contributed by atoms with Gasteiger partial charge < -0.3 is 5.32 Å². The summed E-state index contributed by atoms with van der Waals surface area (Å²) in [5, 5.41) is 3.01. The number of carbonyl (C=O) groups excluding carboxylic acids is 1. The molecule has 0 spiro atoms. The second-order valence-electron chi connectivity index (χ2n) is 3.72. The molecule has 0 aromatic carbocycles. The van der Waals surface area contributed by atoms with Crippen LogP contribution in [0.4, 0.5) is 0 Å². The van der Waals surface area contributed by atoms with E-state index in [4.69, 9.17) is 0 Å². The first kappa shape index (κ1) is 10.5. The molecule has 1 amide bonds. The summed E-state index contributed by atoms with van der Waals surface area (Å²) in [6, 6.07) is 4.02. The van der Waals surface area contributed by atoms with Gasteiger partial charge in [-0.2, -0.15) is 11.8 Å². The average molecular weight is 222 g/mol. The lowest BCUT2D eigenvalue weighted by atomic mass is 10.2. The molecular formula is C11H14N2OS. The fourth-order valence-electron chi connectivity index (χ4n) is 1.52. The van der Waals surface area contributed by atoms with Crippen molar-refractivity contribution < 1.29 is 4.79 Å². The van der Waals surface area contributed by atoms with E-state index in [9.17, 15) is 4.79 Å². The number of rotatable bonds is 2. The van der Waals surface area contributed by atoms with E-state index in [-0.39, 0.29) is 5.91 Å². The summed E-state index contributed by atoms with van der Waals surface area (Å²) in [6.45, 7) is 1.91. The Morgan fingerprint density at radius 1 is 1.60 bits per heavy atom.